The summed E-state index contributed by atoms with van der Waals surface area (Å²) in [6.07, 6.45) is 4.28. The molecule has 1 aliphatic carbocycles. The highest BCUT2D eigenvalue weighted by Crippen LogP contribution is 2.39. The number of nitrogens with zero attached hydrogens (tertiary/aromatic N) is 3. The molecular weight excluding hydrogens is 298 g/mol. The van der Waals surface area contributed by atoms with Gasteiger partial charge in [-0.25, -0.2) is 4.79 Å². The van der Waals surface area contributed by atoms with Crippen molar-refractivity contribution in [2.45, 2.75) is 44.6 Å². The van der Waals surface area contributed by atoms with Crippen molar-refractivity contribution in [3.8, 4) is 0 Å². The first kappa shape index (κ1) is 15.5. The summed E-state index contributed by atoms with van der Waals surface area (Å²) in [5.74, 6) is -0.301. The third kappa shape index (κ3) is 2.58. The number of likely N-dealkylation sites (N-methyl/N-ethyl adjacent to an activating group) is 1. The zero-order valence-electron chi connectivity index (χ0n) is 13.4. The summed E-state index contributed by atoms with van der Waals surface area (Å²) in [6, 6.07) is 1.28. The normalized spacial score (nSPS) is 20.4. The second-order valence-corrected chi connectivity index (χ2v) is 6.31. The predicted molar refractivity (Wildman–Crippen MR) is 82.6 cm³/mol. The van der Waals surface area contributed by atoms with Gasteiger partial charge in [0, 0.05) is 18.8 Å². The third-order valence-corrected chi connectivity index (χ3v) is 4.76. The number of imide groups is 1. The van der Waals surface area contributed by atoms with Crippen LogP contribution < -0.4 is 5.32 Å². The van der Waals surface area contributed by atoms with Crippen LogP contribution in [0.15, 0.2) is 6.07 Å². The Balaban J connectivity index is 1.71. The van der Waals surface area contributed by atoms with Crippen molar-refractivity contribution in [1.82, 2.24) is 20.0 Å². The topological polar surface area (TPSA) is 98.4 Å². The number of rotatable bonds is 3. The Morgan fingerprint density at radius 3 is 2.65 bits per heavy atom. The molecule has 1 aliphatic heterocycles. The molecule has 1 saturated carbocycles. The number of hydrogen-bond acceptors (Lipinski definition) is 4. The number of hydrogen-bond donors (Lipinski definition) is 2. The number of amides is 4. The van der Waals surface area contributed by atoms with Crippen molar-refractivity contribution in [2.75, 3.05) is 18.9 Å². The van der Waals surface area contributed by atoms with E-state index >= 15 is 0 Å². The highest BCUT2D eigenvalue weighted by atomic mass is 16.2. The maximum absolute atomic E-state index is 12.8. The molecule has 2 fully saturated rings. The summed E-state index contributed by atoms with van der Waals surface area (Å²) in [5.41, 5.74) is 0.0629. The van der Waals surface area contributed by atoms with Crippen molar-refractivity contribution in [1.29, 1.82) is 0 Å². The van der Waals surface area contributed by atoms with Crippen LogP contribution >= 0.6 is 0 Å². The fraction of sp³-hybridized carbons (Fsp3) is 0.600. The number of carbonyl (C=O) groups is 3. The molecular formula is C15H21N5O3. The van der Waals surface area contributed by atoms with E-state index < -0.39 is 17.5 Å². The van der Waals surface area contributed by atoms with Gasteiger partial charge in [-0.1, -0.05) is 19.3 Å². The number of anilines is 1. The SMILES string of the molecule is Cc1cc(NC(=O)CN2C(=O)N(C)C3(CCCCC3)C2=O)n[nH]1. The lowest BCUT2D eigenvalue weighted by molar-refractivity contribution is -0.136. The number of H-pyrrole nitrogens is 1. The molecule has 4 amide bonds. The van der Waals surface area contributed by atoms with E-state index in [9.17, 15) is 14.4 Å². The number of nitrogens with one attached hydrogen (secondary N) is 2. The summed E-state index contributed by atoms with van der Waals surface area (Å²) in [5, 5.41) is 9.22. The molecule has 3 rings (SSSR count). The summed E-state index contributed by atoms with van der Waals surface area (Å²) in [4.78, 5) is 39.9. The summed E-state index contributed by atoms with van der Waals surface area (Å²) >= 11 is 0. The van der Waals surface area contributed by atoms with Crippen molar-refractivity contribution in [3.63, 3.8) is 0 Å². The Hall–Kier alpha value is -2.38. The Morgan fingerprint density at radius 2 is 2.04 bits per heavy atom. The van der Waals surface area contributed by atoms with Crippen LogP contribution in [0.1, 0.15) is 37.8 Å². The molecule has 2 N–H and O–H groups in total. The summed E-state index contributed by atoms with van der Waals surface area (Å²) in [7, 11) is 1.65. The molecule has 124 valence electrons. The van der Waals surface area contributed by atoms with E-state index in [1.54, 1.807) is 13.1 Å². The fourth-order valence-electron chi connectivity index (χ4n) is 3.48. The van der Waals surface area contributed by atoms with E-state index in [4.69, 9.17) is 0 Å². The molecule has 0 aromatic carbocycles. The quantitative estimate of drug-likeness (QED) is 0.819. The first-order valence-corrected chi connectivity index (χ1v) is 7.86. The van der Waals surface area contributed by atoms with Crippen molar-refractivity contribution >= 4 is 23.7 Å². The van der Waals surface area contributed by atoms with Gasteiger partial charge in [-0.2, -0.15) is 5.10 Å². The monoisotopic (exact) mass is 319 g/mol. The molecule has 0 radical (unpaired) electrons. The number of aromatic nitrogens is 2. The Morgan fingerprint density at radius 1 is 1.35 bits per heavy atom. The highest BCUT2D eigenvalue weighted by Gasteiger charge is 2.55. The van der Waals surface area contributed by atoms with Crippen LogP contribution in [0.25, 0.3) is 0 Å². The first-order valence-electron chi connectivity index (χ1n) is 7.86. The Bertz CT molecular complexity index is 647. The maximum atomic E-state index is 12.8. The molecule has 0 unspecified atom stereocenters. The Labute approximate surface area is 134 Å². The molecule has 2 heterocycles. The lowest BCUT2D eigenvalue weighted by Crippen LogP contribution is -2.49. The lowest BCUT2D eigenvalue weighted by atomic mass is 9.81. The van der Waals surface area contributed by atoms with Crippen LogP contribution in [0.2, 0.25) is 0 Å². The number of aromatic amines is 1. The van der Waals surface area contributed by atoms with E-state index in [0.717, 1.165) is 29.9 Å². The van der Waals surface area contributed by atoms with Gasteiger partial charge in [0.15, 0.2) is 5.82 Å². The average Bonchev–Trinajstić information content (AvgIpc) is 3.01. The Kier molecular flexibility index (Phi) is 3.83. The number of aryl methyl sites for hydroxylation is 1. The van der Waals surface area contributed by atoms with Crippen LogP contribution in [-0.4, -0.2) is 57.0 Å². The highest BCUT2D eigenvalue weighted by molar-refractivity contribution is 6.10. The van der Waals surface area contributed by atoms with E-state index in [1.165, 1.54) is 4.90 Å². The van der Waals surface area contributed by atoms with Gasteiger partial charge in [0.05, 0.1) is 0 Å². The zero-order chi connectivity index (χ0) is 16.6. The van der Waals surface area contributed by atoms with E-state index in [-0.39, 0.29) is 12.5 Å². The largest absolute Gasteiger partial charge is 0.327 e. The van der Waals surface area contributed by atoms with Gasteiger partial charge in [0.25, 0.3) is 5.91 Å². The van der Waals surface area contributed by atoms with Gasteiger partial charge in [0.1, 0.15) is 12.1 Å². The van der Waals surface area contributed by atoms with Gasteiger partial charge >= 0.3 is 6.03 Å². The molecule has 23 heavy (non-hydrogen) atoms. The fourth-order valence-corrected chi connectivity index (χ4v) is 3.48. The van der Waals surface area contributed by atoms with Crippen LogP contribution in [0, 0.1) is 6.92 Å². The van der Waals surface area contributed by atoms with Gasteiger partial charge in [0.2, 0.25) is 5.91 Å². The predicted octanol–water partition coefficient (Wildman–Crippen LogP) is 1.25. The van der Waals surface area contributed by atoms with Crippen LogP contribution in [0.3, 0.4) is 0 Å². The minimum absolute atomic E-state index is 0.252. The summed E-state index contributed by atoms with van der Waals surface area (Å²) in [6.45, 7) is 1.54. The first-order chi connectivity index (χ1) is 10.9. The number of carbonyl (C=O) groups excluding carboxylic acids is 3. The second kappa shape index (κ2) is 5.68. The molecule has 8 heteroatoms. The van der Waals surface area contributed by atoms with Gasteiger partial charge < -0.3 is 10.2 Å². The van der Waals surface area contributed by atoms with Crippen LogP contribution in [-0.2, 0) is 9.59 Å². The van der Waals surface area contributed by atoms with E-state index in [2.05, 4.69) is 15.5 Å². The molecule has 1 aromatic rings. The molecule has 0 bridgehead atoms. The zero-order valence-corrected chi connectivity index (χ0v) is 13.4. The standard InChI is InChI=1S/C15H21N5O3/c1-10-8-11(18-17-10)16-12(21)9-20-13(22)15(19(2)14(20)23)6-4-3-5-7-15/h8H,3-7,9H2,1-2H3,(H2,16,17,18,21). The van der Waals surface area contributed by atoms with Crippen LogP contribution in [0.4, 0.5) is 10.6 Å². The average molecular weight is 319 g/mol. The molecule has 1 spiro atoms. The molecule has 1 aromatic heterocycles. The molecule has 8 nitrogen and oxygen atoms in total. The van der Waals surface area contributed by atoms with E-state index in [0.29, 0.717) is 18.7 Å². The van der Waals surface area contributed by atoms with Crippen molar-refractivity contribution in [3.05, 3.63) is 11.8 Å². The van der Waals surface area contributed by atoms with Crippen molar-refractivity contribution < 1.29 is 14.4 Å². The third-order valence-electron chi connectivity index (χ3n) is 4.76. The van der Waals surface area contributed by atoms with Gasteiger partial charge in [-0.15, -0.1) is 0 Å². The second-order valence-electron chi connectivity index (χ2n) is 6.31. The lowest BCUT2D eigenvalue weighted by Gasteiger charge is -2.35. The smallest absolute Gasteiger partial charge is 0.313 e. The molecule has 2 aliphatic rings. The minimum atomic E-state index is -0.751. The van der Waals surface area contributed by atoms with Crippen molar-refractivity contribution in [2.24, 2.45) is 0 Å². The number of urea groups is 1. The van der Waals surface area contributed by atoms with Gasteiger partial charge in [-0.05, 0) is 19.8 Å². The molecule has 1 saturated heterocycles. The van der Waals surface area contributed by atoms with Crippen LogP contribution in [0.5, 0.6) is 0 Å². The molecule has 0 atom stereocenters. The van der Waals surface area contributed by atoms with E-state index in [1.807, 2.05) is 6.92 Å². The van der Waals surface area contributed by atoms with Gasteiger partial charge in [-0.3, -0.25) is 19.6 Å². The minimum Gasteiger partial charge on any atom is -0.313 e. The maximum Gasteiger partial charge on any atom is 0.327 e. The summed E-state index contributed by atoms with van der Waals surface area (Å²) < 4.78 is 0.